The molecular weight excluding hydrogens is 286 g/mol. The molecule has 0 unspecified atom stereocenters. The minimum absolute atomic E-state index is 0.107. The van der Waals surface area contributed by atoms with Gasteiger partial charge in [-0.2, -0.15) is 0 Å². The maximum absolute atomic E-state index is 11.6. The van der Waals surface area contributed by atoms with Gasteiger partial charge in [0.05, 0.1) is 6.61 Å². The number of likely N-dealkylation sites (tertiary alicyclic amines) is 1. The molecule has 23 heavy (non-hydrogen) atoms. The Kier molecular flexibility index (Phi) is 4.16. The summed E-state index contributed by atoms with van der Waals surface area (Å²) in [6, 6.07) is 2.34. The summed E-state index contributed by atoms with van der Waals surface area (Å²) in [6.45, 7) is 13.3. The van der Waals surface area contributed by atoms with Gasteiger partial charge in [-0.3, -0.25) is 4.79 Å². The van der Waals surface area contributed by atoms with Crippen LogP contribution < -0.4 is 4.74 Å². The molecule has 2 aliphatic heterocycles. The van der Waals surface area contributed by atoms with Crippen LogP contribution >= 0.6 is 0 Å². The van der Waals surface area contributed by atoms with Crippen molar-refractivity contribution in [2.45, 2.75) is 65.2 Å². The maximum atomic E-state index is 11.6. The zero-order chi connectivity index (χ0) is 16.8. The Morgan fingerprint density at radius 3 is 2.48 bits per heavy atom. The highest BCUT2D eigenvalue weighted by Crippen LogP contribution is 2.44. The first kappa shape index (κ1) is 16.4. The quantitative estimate of drug-likeness (QED) is 0.785. The number of aryl methyl sites for hydroxylation is 1. The average Bonchev–Trinajstić information content (AvgIpc) is 2.94. The van der Waals surface area contributed by atoms with Gasteiger partial charge in [0, 0.05) is 37.6 Å². The first-order valence-electron chi connectivity index (χ1n) is 8.84. The Bertz CT molecular complexity index is 620. The summed E-state index contributed by atoms with van der Waals surface area (Å²) in [5.41, 5.74) is 5.80. The fraction of sp³-hybridized carbons (Fsp3) is 0.650. The van der Waals surface area contributed by atoms with Gasteiger partial charge in [0.1, 0.15) is 5.75 Å². The number of amides is 1. The van der Waals surface area contributed by atoms with Crippen LogP contribution in [0, 0.1) is 6.92 Å². The van der Waals surface area contributed by atoms with E-state index >= 15 is 0 Å². The van der Waals surface area contributed by atoms with Crippen molar-refractivity contribution >= 4 is 5.91 Å². The van der Waals surface area contributed by atoms with Crippen molar-refractivity contribution < 1.29 is 9.53 Å². The fourth-order valence-corrected chi connectivity index (χ4v) is 4.16. The molecular formula is C20H29NO2. The number of carbonyl (C=O) groups excluding carboxylic acids is 1. The van der Waals surface area contributed by atoms with Crippen LogP contribution in [0.4, 0.5) is 0 Å². The summed E-state index contributed by atoms with van der Waals surface area (Å²) < 4.78 is 6.04. The summed E-state index contributed by atoms with van der Waals surface area (Å²) in [5.74, 6) is 1.92. The van der Waals surface area contributed by atoms with E-state index in [-0.39, 0.29) is 11.3 Å². The zero-order valence-electron chi connectivity index (χ0n) is 15.2. The van der Waals surface area contributed by atoms with Gasteiger partial charge in [0.15, 0.2) is 0 Å². The maximum Gasteiger partial charge on any atom is 0.219 e. The van der Waals surface area contributed by atoms with Crippen LogP contribution in [0.5, 0.6) is 5.75 Å². The summed E-state index contributed by atoms with van der Waals surface area (Å²) in [6.07, 6.45) is 3.17. The fourth-order valence-electron chi connectivity index (χ4n) is 4.16. The van der Waals surface area contributed by atoms with E-state index in [1.165, 1.54) is 22.3 Å². The van der Waals surface area contributed by atoms with E-state index < -0.39 is 0 Å². The van der Waals surface area contributed by atoms with E-state index in [4.69, 9.17) is 4.74 Å². The molecule has 126 valence electrons. The van der Waals surface area contributed by atoms with Crippen LogP contribution in [0.3, 0.4) is 0 Å². The molecule has 0 bridgehead atoms. The highest BCUT2D eigenvalue weighted by Gasteiger charge is 2.32. The van der Waals surface area contributed by atoms with Crippen LogP contribution in [0.25, 0.3) is 0 Å². The molecule has 2 aliphatic rings. The Morgan fingerprint density at radius 1 is 1.26 bits per heavy atom. The molecule has 0 N–H and O–H groups in total. The number of hydrogen-bond acceptors (Lipinski definition) is 2. The predicted octanol–water partition coefficient (Wildman–Crippen LogP) is 3.95. The molecule has 3 rings (SSSR count). The minimum atomic E-state index is 0.107. The van der Waals surface area contributed by atoms with Crippen molar-refractivity contribution in [3.63, 3.8) is 0 Å². The standard InChI is InChI=1S/C20H29NO2/c1-13-12-17(20(3,4)5)19-16(8-11-23-19)18(13)15-6-9-21(10-7-15)14(2)22/h12,15H,6-11H2,1-5H3. The van der Waals surface area contributed by atoms with Crippen molar-refractivity contribution in [3.8, 4) is 5.75 Å². The lowest BCUT2D eigenvalue weighted by atomic mass is 9.78. The Morgan fingerprint density at radius 2 is 1.91 bits per heavy atom. The first-order valence-corrected chi connectivity index (χ1v) is 8.84. The Balaban J connectivity index is 1.96. The van der Waals surface area contributed by atoms with E-state index in [1.807, 2.05) is 4.90 Å². The largest absolute Gasteiger partial charge is 0.493 e. The van der Waals surface area contributed by atoms with Crippen LogP contribution in [-0.4, -0.2) is 30.5 Å². The molecule has 1 saturated heterocycles. The molecule has 0 radical (unpaired) electrons. The summed E-state index contributed by atoms with van der Waals surface area (Å²) in [4.78, 5) is 13.5. The van der Waals surface area contributed by atoms with Crippen molar-refractivity contribution in [1.29, 1.82) is 0 Å². The predicted molar refractivity (Wildman–Crippen MR) is 93.3 cm³/mol. The Labute approximate surface area is 140 Å². The highest BCUT2D eigenvalue weighted by atomic mass is 16.5. The van der Waals surface area contributed by atoms with Crippen molar-refractivity contribution in [2.24, 2.45) is 0 Å². The summed E-state index contributed by atoms with van der Waals surface area (Å²) >= 11 is 0. The molecule has 3 nitrogen and oxygen atoms in total. The molecule has 1 aromatic carbocycles. The molecule has 0 aliphatic carbocycles. The van der Waals surface area contributed by atoms with E-state index in [0.717, 1.165) is 44.7 Å². The lowest BCUT2D eigenvalue weighted by Crippen LogP contribution is -2.36. The van der Waals surface area contributed by atoms with Gasteiger partial charge in [-0.1, -0.05) is 26.8 Å². The number of hydrogen-bond donors (Lipinski definition) is 0. The second-order valence-electron chi connectivity index (χ2n) is 8.09. The number of piperidine rings is 1. The lowest BCUT2D eigenvalue weighted by molar-refractivity contribution is -0.129. The van der Waals surface area contributed by atoms with Crippen LogP contribution in [0.2, 0.25) is 0 Å². The molecule has 1 aromatic rings. The van der Waals surface area contributed by atoms with Crippen molar-refractivity contribution in [1.82, 2.24) is 4.90 Å². The lowest BCUT2D eigenvalue weighted by Gasteiger charge is -2.34. The van der Waals surface area contributed by atoms with Crippen LogP contribution in [-0.2, 0) is 16.6 Å². The summed E-state index contributed by atoms with van der Waals surface area (Å²) in [7, 11) is 0. The van der Waals surface area contributed by atoms with Gasteiger partial charge in [0.25, 0.3) is 0 Å². The van der Waals surface area contributed by atoms with Gasteiger partial charge in [-0.05, 0) is 42.2 Å². The van der Waals surface area contributed by atoms with Gasteiger partial charge in [0.2, 0.25) is 5.91 Å². The van der Waals surface area contributed by atoms with Gasteiger partial charge in [-0.25, -0.2) is 0 Å². The number of fused-ring (bicyclic) bond motifs is 1. The van der Waals surface area contributed by atoms with Crippen LogP contribution in [0.15, 0.2) is 6.07 Å². The number of rotatable bonds is 1. The molecule has 2 heterocycles. The van der Waals surface area contributed by atoms with E-state index in [9.17, 15) is 4.79 Å². The normalized spacial score (nSPS) is 18.7. The number of benzene rings is 1. The van der Waals surface area contributed by atoms with E-state index in [1.54, 1.807) is 6.92 Å². The number of nitrogens with zero attached hydrogens (tertiary/aromatic N) is 1. The Hall–Kier alpha value is -1.51. The molecule has 0 saturated carbocycles. The topological polar surface area (TPSA) is 29.5 Å². The molecule has 3 heteroatoms. The van der Waals surface area contributed by atoms with Gasteiger partial charge >= 0.3 is 0 Å². The molecule has 0 atom stereocenters. The highest BCUT2D eigenvalue weighted by molar-refractivity contribution is 5.73. The van der Waals surface area contributed by atoms with Crippen LogP contribution in [0.1, 0.15) is 68.7 Å². The first-order chi connectivity index (χ1) is 10.8. The monoisotopic (exact) mass is 315 g/mol. The van der Waals surface area contributed by atoms with Gasteiger partial charge < -0.3 is 9.64 Å². The second-order valence-corrected chi connectivity index (χ2v) is 8.09. The zero-order valence-corrected chi connectivity index (χ0v) is 15.2. The molecule has 1 amide bonds. The third-order valence-corrected chi connectivity index (χ3v) is 5.38. The van der Waals surface area contributed by atoms with Crippen molar-refractivity contribution in [2.75, 3.05) is 19.7 Å². The minimum Gasteiger partial charge on any atom is -0.493 e. The SMILES string of the molecule is CC(=O)N1CCC(c2c(C)cc(C(C)(C)C)c3c2CCO3)CC1. The molecule has 0 spiro atoms. The van der Waals surface area contributed by atoms with E-state index in [2.05, 4.69) is 33.8 Å². The molecule has 1 fully saturated rings. The third kappa shape index (κ3) is 2.98. The third-order valence-electron chi connectivity index (χ3n) is 5.38. The number of ether oxygens (including phenoxy) is 1. The van der Waals surface area contributed by atoms with E-state index in [0.29, 0.717) is 5.92 Å². The second kappa shape index (κ2) is 5.85. The summed E-state index contributed by atoms with van der Waals surface area (Å²) in [5, 5.41) is 0. The van der Waals surface area contributed by atoms with Crippen molar-refractivity contribution in [3.05, 3.63) is 28.3 Å². The average molecular weight is 315 g/mol. The molecule has 0 aromatic heterocycles. The smallest absolute Gasteiger partial charge is 0.219 e. The number of carbonyl (C=O) groups is 1. The van der Waals surface area contributed by atoms with Gasteiger partial charge in [-0.15, -0.1) is 0 Å².